The van der Waals surface area contributed by atoms with Crippen molar-refractivity contribution in [2.75, 3.05) is 23.1 Å². The SMILES string of the molecule is COC(=O)c1ccc(NC(=O)c2ccc(NC(=O)c3ccc(NC(C)=O)c(OCc4ccccc4)c3)c(OCc3ccc(F)cc3)c2)c(OCc2ccc(F)cc2)c1. The lowest BCUT2D eigenvalue weighted by Gasteiger charge is -2.17. The molecule has 58 heavy (non-hydrogen) atoms. The molecule has 6 aromatic carbocycles. The van der Waals surface area contributed by atoms with Gasteiger partial charge in [0.15, 0.2) is 0 Å². The summed E-state index contributed by atoms with van der Waals surface area (Å²) in [5, 5.41) is 8.34. The van der Waals surface area contributed by atoms with E-state index in [2.05, 4.69) is 16.0 Å². The molecule has 3 amide bonds. The number of halogens is 2. The highest BCUT2D eigenvalue weighted by Gasteiger charge is 2.19. The third-order valence-corrected chi connectivity index (χ3v) is 8.55. The van der Waals surface area contributed by atoms with Gasteiger partial charge in [-0.15, -0.1) is 0 Å². The average Bonchev–Trinajstić information content (AvgIpc) is 3.23. The van der Waals surface area contributed by atoms with E-state index in [-0.39, 0.29) is 71.0 Å². The first-order chi connectivity index (χ1) is 28.0. The minimum atomic E-state index is -0.621. The van der Waals surface area contributed by atoms with Crippen molar-refractivity contribution < 1.29 is 46.9 Å². The summed E-state index contributed by atoms with van der Waals surface area (Å²) in [5.41, 5.74) is 3.46. The third kappa shape index (κ3) is 10.8. The van der Waals surface area contributed by atoms with Crippen molar-refractivity contribution in [3.63, 3.8) is 0 Å². The molecule has 0 aliphatic carbocycles. The predicted octanol–water partition coefficient (Wildman–Crippen LogP) is 8.95. The van der Waals surface area contributed by atoms with Crippen LogP contribution < -0.4 is 30.2 Å². The maximum Gasteiger partial charge on any atom is 0.337 e. The molecule has 0 fully saturated rings. The van der Waals surface area contributed by atoms with Gasteiger partial charge in [0.1, 0.15) is 48.7 Å². The van der Waals surface area contributed by atoms with Crippen LogP contribution in [0.2, 0.25) is 0 Å². The Kier molecular flexibility index (Phi) is 13.1. The van der Waals surface area contributed by atoms with E-state index in [0.717, 1.165) is 5.56 Å². The van der Waals surface area contributed by atoms with Crippen LogP contribution in [0.1, 0.15) is 54.7 Å². The van der Waals surface area contributed by atoms with Gasteiger partial charge in [-0.3, -0.25) is 14.4 Å². The Morgan fingerprint density at radius 3 is 1.28 bits per heavy atom. The van der Waals surface area contributed by atoms with Crippen LogP contribution in [0, 0.1) is 11.6 Å². The van der Waals surface area contributed by atoms with Gasteiger partial charge in [0.25, 0.3) is 11.8 Å². The third-order valence-electron chi connectivity index (χ3n) is 8.55. The maximum absolute atomic E-state index is 13.8. The number of anilines is 3. The Morgan fingerprint density at radius 2 is 0.862 bits per heavy atom. The molecule has 0 saturated carbocycles. The summed E-state index contributed by atoms with van der Waals surface area (Å²) in [4.78, 5) is 51.7. The first-order valence-electron chi connectivity index (χ1n) is 17.9. The molecule has 0 radical (unpaired) electrons. The number of amides is 3. The summed E-state index contributed by atoms with van der Waals surface area (Å²) >= 11 is 0. The molecule has 294 valence electrons. The Morgan fingerprint density at radius 1 is 0.483 bits per heavy atom. The fourth-order valence-electron chi connectivity index (χ4n) is 5.56. The highest BCUT2D eigenvalue weighted by Crippen LogP contribution is 2.32. The second-order valence-electron chi connectivity index (χ2n) is 12.8. The largest absolute Gasteiger partial charge is 0.487 e. The van der Waals surface area contributed by atoms with Crippen molar-refractivity contribution in [2.24, 2.45) is 0 Å². The van der Waals surface area contributed by atoms with Gasteiger partial charge in [0, 0.05) is 18.1 Å². The molecule has 0 bridgehead atoms. The molecule has 6 aromatic rings. The van der Waals surface area contributed by atoms with E-state index in [1.54, 1.807) is 30.3 Å². The molecule has 0 unspecified atom stereocenters. The number of benzene rings is 6. The quantitative estimate of drug-likeness (QED) is 0.0877. The lowest BCUT2D eigenvalue weighted by Crippen LogP contribution is -2.16. The van der Waals surface area contributed by atoms with Gasteiger partial charge in [-0.05, 0) is 95.6 Å². The number of carbonyl (C=O) groups excluding carboxylic acids is 4. The minimum absolute atomic E-state index is 0.000156. The van der Waals surface area contributed by atoms with E-state index in [4.69, 9.17) is 18.9 Å². The van der Waals surface area contributed by atoms with Crippen molar-refractivity contribution in [3.8, 4) is 17.2 Å². The topological polar surface area (TPSA) is 141 Å². The molecule has 0 saturated heterocycles. The molecule has 6 rings (SSSR count). The van der Waals surface area contributed by atoms with Crippen molar-refractivity contribution >= 4 is 40.8 Å². The maximum atomic E-state index is 13.8. The zero-order chi connectivity index (χ0) is 41.0. The molecule has 0 atom stereocenters. The van der Waals surface area contributed by atoms with Crippen LogP contribution in [-0.4, -0.2) is 30.8 Å². The minimum Gasteiger partial charge on any atom is -0.487 e. The fraction of sp³-hybridized carbons (Fsp3) is 0.111. The number of methoxy groups -OCH3 is 1. The highest BCUT2D eigenvalue weighted by atomic mass is 19.1. The van der Waals surface area contributed by atoms with Gasteiger partial charge >= 0.3 is 5.97 Å². The monoisotopic (exact) mass is 785 g/mol. The van der Waals surface area contributed by atoms with Gasteiger partial charge < -0.3 is 34.9 Å². The summed E-state index contributed by atoms with van der Waals surface area (Å²) < 4.78 is 50.0. The molecular formula is C45H37F2N3O8. The van der Waals surface area contributed by atoms with E-state index in [1.165, 1.54) is 86.8 Å². The summed E-state index contributed by atoms with van der Waals surface area (Å²) in [6.07, 6.45) is 0. The van der Waals surface area contributed by atoms with Gasteiger partial charge in [0.05, 0.1) is 29.7 Å². The second-order valence-corrected chi connectivity index (χ2v) is 12.8. The van der Waals surface area contributed by atoms with Crippen molar-refractivity contribution in [1.29, 1.82) is 0 Å². The molecule has 0 heterocycles. The summed E-state index contributed by atoms with van der Waals surface area (Å²) in [6, 6.07) is 34.1. The molecular weight excluding hydrogens is 749 g/mol. The van der Waals surface area contributed by atoms with Gasteiger partial charge in [-0.1, -0.05) is 54.6 Å². The van der Waals surface area contributed by atoms with Crippen molar-refractivity contribution in [1.82, 2.24) is 0 Å². The second kappa shape index (κ2) is 18.9. The standard InChI is InChI=1S/C45H37F2N3O8/c1-28(51)48-37-19-12-32(22-40(37)56-25-29-6-4-3-5-7-29)43(52)49-38-20-13-33(23-41(38)57-26-30-8-15-35(46)16-9-30)44(53)50-39-21-14-34(45(54)55-2)24-42(39)58-27-31-10-17-36(47)18-11-31/h3-24H,25-27H2,1-2H3,(H,48,51)(H,49,52)(H,50,53). The van der Waals surface area contributed by atoms with Crippen LogP contribution in [0.15, 0.2) is 133 Å². The number of hydrogen-bond acceptors (Lipinski definition) is 8. The Bertz CT molecular complexity index is 2420. The molecule has 0 aliphatic heterocycles. The van der Waals surface area contributed by atoms with E-state index in [9.17, 15) is 28.0 Å². The fourth-order valence-corrected chi connectivity index (χ4v) is 5.56. The lowest BCUT2D eigenvalue weighted by molar-refractivity contribution is -0.114. The highest BCUT2D eigenvalue weighted by molar-refractivity contribution is 6.08. The molecule has 11 nitrogen and oxygen atoms in total. The zero-order valence-corrected chi connectivity index (χ0v) is 31.3. The first-order valence-corrected chi connectivity index (χ1v) is 17.9. The smallest absolute Gasteiger partial charge is 0.337 e. The van der Waals surface area contributed by atoms with Crippen LogP contribution in [0.4, 0.5) is 25.8 Å². The van der Waals surface area contributed by atoms with Gasteiger partial charge in [-0.25, -0.2) is 13.6 Å². The predicted molar refractivity (Wildman–Crippen MR) is 213 cm³/mol. The van der Waals surface area contributed by atoms with E-state index in [1.807, 2.05) is 30.3 Å². The summed E-state index contributed by atoms with van der Waals surface area (Å²) in [6.45, 7) is 1.51. The molecule has 13 heteroatoms. The van der Waals surface area contributed by atoms with Crippen LogP contribution in [-0.2, 0) is 29.4 Å². The Hall–Kier alpha value is -7.54. The van der Waals surface area contributed by atoms with Crippen LogP contribution >= 0.6 is 0 Å². The van der Waals surface area contributed by atoms with E-state index in [0.29, 0.717) is 16.8 Å². The van der Waals surface area contributed by atoms with Crippen LogP contribution in [0.3, 0.4) is 0 Å². The normalized spacial score (nSPS) is 10.6. The number of esters is 1. The molecule has 0 aliphatic rings. The van der Waals surface area contributed by atoms with E-state index < -0.39 is 29.4 Å². The van der Waals surface area contributed by atoms with Gasteiger partial charge in [-0.2, -0.15) is 0 Å². The van der Waals surface area contributed by atoms with Crippen molar-refractivity contribution in [2.45, 2.75) is 26.7 Å². The number of ether oxygens (including phenoxy) is 4. The first kappa shape index (κ1) is 40.1. The van der Waals surface area contributed by atoms with E-state index >= 15 is 0 Å². The number of nitrogens with one attached hydrogen (secondary N) is 3. The van der Waals surface area contributed by atoms with Crippen molar-refractivity contribution in [3.05, 3.63) is 178 Å². The number of carbonyl (C=O) groups is 4. The van der Waals surface area contributed by atoms with Crippen LogP contribution in [0.5, 0.6) is 17.2 Å². The summed E-state index contributed by atoms with van der Waals surface area (Å²) in [7, 11) is 1.24. The Labute approximate surface area is 332 Å². The zero-order valence-electron chi connectivity index (χ0n) is 31.3. The number of rotatable bonds is 15. The molecule has 0 spiro atoms. The molecule has 3 N–H and O–H groups in total. The Balaban J connectivity index is 1.26. The lowest BCUT2D eigenvalue weighted by atomic mass is 10.1. The summed E-state index contributed by atoms with van der Waals surface area (Å²) in [5.74, 6) is -2.37. The van der Waals surface area contributed by atoms with Crippen LogP contribution in [0.25, 0.3) is 0 Å². The average molecular weight is 786 g/mol. The molecule has 0 aromatic heterocycles. The van der Waals surface area contributed by atoms with Gasteiger partial charge in [0.2, 0.25) is 5.91 Å². The number of hydrogen-bond donors (Lipinski definition) is 3.